The van der Waals surface area contributed by atoms with Crippen LogP contribution in [0.15, 0.2) is 24.8 Å². The van der Waals surface area contributed by atoms with E-state index >= 15 is 0 Å². The Labute approximate surface area is 105 Å². The van der Waals surface area contributed by atoms with Crippen molar-refractivity contribution < 1.29 is 4.79 Å². The van der Waals surface area contributed by atoms with Crippen LogP contribution in [0.3, 0.4) is 0 Å². The average molecular weight is 245 g/mol. The Balaban J connectivity index is 1.92. The maximum atomic E-state index is 12.4. The first-order chi connectivity index (χ1) is 8.75. The minimum absolute atomic E-state index is 0.0337. The van der Waals surface area contributed by atoms with Crippen molar-refractivity contribution in [2.45, 2.75) is 13.0 Å². The lowest BCUT2D eigenvalue weighted by molar-refractivity contribution is 0.0711. The summed E-state index contributed by atoms with van der Waals surface area (Å²) in [5, 5.41) is 7.49. The van der Waals surface area contributed by atoms with E-state index in [1.807, 2.05) is 4.90 Å². The number of aromatic nitrogens is 3. The van der Waals surface area contributed by atoms with Crippen molar-refractivity contribution in [2.75, 3.05) is 19.6 Å². The standard InChI is InChI=1S/C12H15N5O/c1-9-8-16(4-3-14-9)12(18)10-6-15-17-5-2-13-7-11(10)17/h2,5-7,9,14H,3-4,8H2,1H3/t9-/m1/s1. The Hall–Kier alpha value is -1.95. The fraction of sp³-hybridized carbons (Fsp3) is 0.417. The van der Waals surface area contributed by atoms with Crippen molar-refractivity contribution in [2.24, 2.45) is 0 Å². The Morgan fingerprint density at radius 2 is 2.39 bits per heavy atom. The molecule has 6 heteroatoms. The molecule has 1 aliphatic heterocycles. The zero-order valence-electron chi connectivity index (χ0n) is 10.2. The average Bonchev–Trinajstić information content (AvgIpc) is 2.82. The highest BCUT2D eigenvalue weighted by Gasteiger charge is 2.23. The summed E-state index contributed by atoms with van der Waals surface area (Å²) in [6.07, 6.45) is 6.69. The van der Waals surface area contributed by atoms with E-state index in [2.05, 4.69) is 22.3 Å². The molecule has 1 atom stereocenters. The third kappa shape index (κ3) is 1.84. The Morgan fingerprint density at radius 3 is 3.22 bits per heavy atom. The van der Waals surface area contributed by atoms with Crippen molar-refractivity contribution in [3.8, 4) is 0 Å². The van der Waals surface area contributed by atoms with E-state index in [1.165, 1.54) is 0 Å². The van der Waals surface area contributed by atoms with E-state index < -0.39 is 0 Å². The third-order valence-corrected chi connectivity index (χ3v) is 3.21. The molecule has 0 radical (unpaired) electrons. The number of carbonyl (C=O) groups is 1. The molecule has 0 bridgehead atoms. The number of fused-ring (bicyclic) bond motifs is 1. The molecule has 1 amide bonds. The van der Waals surface area contributed by atoms with E-state index in [1.54, 1.807) is 29.3 Å². The lowest BCUT2D eigenvalue weighted by Crippen LogP contribution is -2.51. The maximum absolute atomic E-state index is 12.4. The summed E-state index contributed by atoms with van der Waals surface area (Å²) in [7, 11) is 0. The van der Waals surface area contributed by atoms with Gasteiger partial charge in [-0.1, -0.05) is 0 Å². The Bertz CT molecular complexity index is 579. The molecule has 1 saturated heterocycles. The highest BCUT2D eigenvalue weighted by molar-refractivity contribution is 6.00. The fourth-order valence-electron chi connectivity index (χ4n) is 2.29. The number of nitrogens with one attached hydrogen (secondary N) is 1. The lowest BCUT2D eigenvalue weighted by Gasteiger charge is -2.31. The number of piperazine rings is 1. The summed E-state index contributed by atoms with van der Waals surface area (Å²) >= 11 is 0. The Kier molecular flexibility index (Phi) is 2.71. The molecule has 6 nitrogen and oxygen atoms in total. The lowest BCUT2D eigenvalue weighted by atomic mass is 10.2. The molecule has 1 fully saturated rings. The van der Waals surface area contributed by atoms with Gasteiger partial charge >= 0.3 is 0 Å². The van der Waals surface area contributed by atoms with Crippen LogP contribution in [-0.4, -0.2) is 51.1 Å². The van der Waals surface area contributed by atoms with Crippen LogP contribution in [0.5, 0.6) is 0 Å². The summed E-state index contributed by atoms with van der Waals surface area (Å²) in [6, 6.07) is 0.336. The molecule has 0 aromatic carbocycles. The van der Waals surface area contributed by atoms with Crippen molar-refractivity contribution in [3.05, 3.63) is 30.4 Å². The second kappa shape index (κ2) is 4.38. The molecule has 1 N–H and O–H groups in total. The zero-order valence-corrected chi connectivity index (χ0v) is 10.2. The smallest absolute Gasteiger partial charge is 0.257 e. The highest BCUT2D eigenvalue weighted by atomic mass is 16.2. The van der Waals surface area contributed by atoms with Crippen LogP contribution >= 0.6 is 0 Å². The molecule has 1 aliphatic rings. The van der Waals surface area contributed by atoms with Gasteiger partial charge in [0.05, 0.1) is 23.5 Å². The quantitative estimate of drug-likeness (QED) is 0.777. The summed E-state index contributed by atoms with van der Waals surface area (Å²) in [5.74, 6) is 0.0337. The molecule has 3 heterocycles. The normalized spacial score (nSPS) is 20.3. The van der Waals surface area contributed by atoms with Gasteiger partial charge in [-0.2, -0.15) is 5.10 Å². The van der Waals surface area contributed by atoms with Gasteiger partial charge in [-0.25, -0.2) is 4.52 Å². The van der Waals surface area contributed by atoms with Gasteiger partial charge in [0.25, 0.3) is 5.91 Å². The van der Waals surface area contributed by atoms with Crippen molar-refractivity contribution in [3.63, 3.8) is 0 Å². The van der Waals surface area contributed by atoms with Crippen LogP contribution in [0.4, 0.5) is 0 Å². The zero-order chi connectivity index (χ0) is 12.5. The van der Waals surface area contributed by atoms with Crippen LogP contribution in [0.1, 0.15) is 17.3 Å². The molecule has 2 aromatic rings. The summed E-state index contributed by atoms with van der Waals surface area (Å²) in [4.78, 5) is 18.3. The molecule has 0 spiro atoms. The van der Waals surface area contributed by atoms with Gasteiger partial charge in [0.15, 0.2) is 0 Å². The first-order valence-corrected chi connectivity index (χ1v) is 6.06. The number of carbonyl (C=O) groups excluding carboxylic acids is 1. The minimum atomic E-state index is 0.0337. The first kappa shape index (κ1) is 11.2. The molecular formula is C12H15N5O. The van der Waals surface area contributed by atoms with Crippen LogP contribution in [0.25, 0.3) is 5.52 Å². The highest BCUT2D eigenvalue weighted by Crippen LogP contribution is 2.13. The molecule has 18 heavy (non-hydrogen) atoms. The molecule has 0 saturated carbocycles. The summed E-state index contributed by atoms with van der Waals surface area (Å²) < 4.78 is 1.67. The van der Waals surface area contributed by atoms with Gasteiger partial charge in [0.1, 0.15) is 0 Å². The number of hydrogen-bond donors (Lipinski definition) is 1. The fourth-order valence-corrected chi connectivity index (χ4v) is 2.29. The van der Waals surface area contributed by atoms with Gasteiger partial charge in [0.2, 0.25) is 0 Å². The molecule has 94 valence electrons. The number of amides is 1. The van der Waals surface area contributed by atoms with Crippen molar-refractivity contribution in [1.82, 2.24) is 24.8 Å². The van der Waals surface area contributed by atoms with Gasteiger partial charge in [-0.3, -0.25) is 9.78 Å². The van der Waals surface area contributed by atoms with Crippen LogP contribution < -0.4 is 5.32 Å². The maximum Gasteiger partial charge on any atom is 0.257 e. The predicted molar refractivity (Wildman–Crippen MR) is 66.4 cm³/mol. The third-order valence-electron chi connectivity index (χ3n) is 3.21. The second-order valence-corrected chi connectivity index (χ2v) is 4.57. The molecule has 0 aliphatic carbocycles. The van der Waals surface area contributed by atoms with Crippen molar-refractivity contribution in [1.29, 1.82) is 0 Å². The van der Waals surface area contributed by atoms with Crippen LogP contribution in [-0.2, 0) is 0 Å². The molecule has 2 aromatic heterocycles. The molecule has 0 unspecified atom stereocenters. The summed E-state index contributed by atoms with van der Waals surface area (Å²) in [5.41, 5.74) is 1.38. The second-order valence-electron chi connectivity index (χ2n) is 4.57. The summed E-state index contributed by atoms with van der Waals surface area (Å²) in [6.45, 7) is 4.39. The van der Waals surface area contributed by atoms with Gasteiger partial charge in [0, 0.05) is 38.1 Å². The number of rotatable bonds is 1. The molecular weight excluding hydrogens is 230 g/mol. The largest absolute Gasteiger partial charge is 0.336 e. The SMILES string of the molecule is C[C@@H]1CN(C(=O)c2cnn3ccncc23)CCN1. The number of hydrogen-bond acceptors (Lipinski definition) is 4. The van der Waals surface area contributed by atoms with E-state index in [4.69, 9.17) is 0 Å². The Morgan fingerprint density at radius 1 is 1.50 bits per heavy atom. The topological polar surface area (TPSA) is 62.5 Å². The van der Waals surface area contributed by atoms with Gasteiger partial charge < -0.3 is 10.2 Å². The molecule has 3 rings (SSSR count). The van der Waals surface area contributed by atoms with Gasteiger partial charge in [-0.15, -0.1) is 0 Å². The first-order valence-electron chi connectivity index (χ1n) is 6.06. The monoisotopic (exact) mass is 245 g/mol. The predicted octanol–water partition coefficient (Wildman–Crippen LogP) is 0.163. The van der Waals surface area contributed by atoms with E-state index in [9.17, 15) is 4.79 Å². The minimum Gasteiger partial charge on any atom is -0.336 e. The van der Waals surface area contributed by atoms with E-state index in [-0.39, 0.29) is 5.91 Å². The van der Waals surface area contributed by atoms with Crippen molar-refractivity contribution >= 4 is 11.4 Å². The van der Waals surface area contributed by atoms with E-state index in [0.717, 1.165) is 25.2 Å². The van der Waals surface area contributed by atoms with Crippen LogP contribution in [0.2, 0.25) is 0 Å². The van der Waals surface area contributed by atoms with E-state index in [0.29, 0.717) is 11.6 Å². The van der Waals surface area contributed by atoms with Gasteiger partial charge in [-0.05, 0) is 6.92 Å². The number of nitrogens with zero attached hydrogens (tertiary/aromatic N) is 4. The van der Waals surface area contributed by atoms with Crippen LogP contribution in [0, 0.1) is 0 Å².